The Bertz CT molecular complexity index is 665. The van der Waals surface area contributed by atoms with Crippen LogP contribution in [0.15, 0.2) is 36.4 Å². The standard InChI is InChI=1S/C13H9ClF2N2O2/c14-9-2-1-3-11(13(9)16)17-7-8-4-5-12(18(19)20)10(15)6-8/h1-6,17H,7H2. The molecular weight excluding hydrogens is 290 g/mol. The summed E-state index contributed by atoms with van der Waals surface area (Å²) < 4.78 is 27.0. The van der Waals surface area contributed by atoms with Gasteiger partial charge in [0.1, 0.15) is 0 Å². The van der Waals surface area contributed by atoms with Crippen molar-refractivity contribution in [3.8, 4) is 0 Å². The Labute approximate surface area is 118 Å². The zero-order valence-corrected chi connectivity index (χ0v) is 10.8. The molecule has 0 saturated heterocycles. The summed E-state index contributed by atoms with van der Waals surface area (Å²) in [5.41, 5.74) is 0.0337. The van der Waals surface area contributed by atoms with Crippen molar-refractivity contribution in [1.29, 1.82) is 0 Å². The summed E-state index contributed by atoms with van der Waals surface area (Å²) in [6, 6.07) is 7.98. The van der Waals surface area contributed by atoms with Crippen molar-refractivity contribution in [1.82, 2.24) is 0 Å². The van der Waals surface area contributed by atoms with E-state index in [0.29, 0.717) is 5.56 Å². The molecule has 0 aromatic heterocycles. The van der Waals surface area contributed by atoms with E-state index in [1.165, 1.54) is 18.2 Å². The van der Waals surface area contributed by atoms with Gasteiger partial charge < -0.3 is 5.32 Å². The number of nitrogens with zero attached hydrogens (tertiary/aromatic N) is 1. The van der Waals surface area contributed by atoms with Crippen LogP contribution in [-0.4, -0.2) is 4.92 Å². The normalized spacial score (nSPS) is 10.3. The monoisotopic (exact) mass is 298 g/mol. The highest BCUT2D eigenvalue weighted by Crippen LogP contribution is 2.23. The molecule has 0 amide bonds. The minimum absolute atomic E-state index is 0.0233. The molecule has 0 spiro atoms. The SMILES string of the molecule is O=[N+]([O-])c1ccc(CNc2cccc(Cl)c2F)cc1F. The lowest BCUT2D eigenvalue weighted by Crippen LogP contribution is -2.03. The molecule has 4 nitrogen and oxygen atoms in total. The van der Waals surface area contributed by atoms with Crippen LogP contribution in [0, 0.1) is 21.7 Å². The number of nitro groups is 1. The van der Waals surface area contributed by atoms with Gasteiger partial charge >= 0.3 is 5.69 Å². The van der Waals surface area contributed by atoms with Crippen LogP contribution < -0.4 is 5.32 Å². The highest BCUT2D eigenvalue weighted by atomic mass is 35.5. The van der Waals surface area contributed by atoms with E-state index in [-0.39, 0.29) is 17.3 Å². The minimum atomic E-state index is -0.930. The van der Waals surface area contributed by atoms with Crippen LogP contribution in [0.25, 0.3) is 0 Å². The first-order chi connectivity index (χ1) is 9.49. The zero-order chi connectivity index (χ0) is 14.7. The van der Waals surface area contributed by atoms with Gasteiger partial charge in [-0.1, -0.05) is 23.7 Å². The topological polar surface area (TPSA) is 55.2 Å². The Hall–Kier alpha value is -2.21. The molecular formula is C13H9ClF2N2O2. The third-order valence-corrected chi connectivity index (χ3v) is 2.94. The van der Waals surface area contributed by atoms with Crippen LogP contribution in [0.2, 0.25) is 5.02 Å². The lowest BCUT2D eigenvalue weighted by atomic mass is 10.2. The second kappa shape index (κ2) is 5.83. The molecule has 0 heterocycles. The maximum atomic E-state index is 13.6. The third kappa shape index (κ3) is 3.03. The second-order valence-corrected chi connectivity index (χ2v) is 4.41. The predicted molar refractivity (Wildman–Crippen MR) is 71.8 cm³/mol. The van der Waals surface area contributed by atoms with Crippen molar-refractivity contribution < 1.29 is 13.7 Å². The van der Waals surface area contributed by atoms with E-state index in [9.17, 15) is 18.9 Å². The van der Waals surface area contributed by atoms with Crippen LogP contribution in [0.3, 0.4) is 0 Å². The summed E-state index contributed by atoms with van der Waals surface area (Å²) in [5.74, 6) is -1.53. The van der Waals surface area contributed by atoms with Gasteiger partial charge in [0, 0.05) is 12.6 Å². The van der Waals surface area contributed by atoms with Gasteiger partial charge in [-0.05, 0) is 23.8 Å². The minimum Gasteiger partial charge on any atom is -0.379 e. The number of benzene rings is 2. The van der Waals surface area contributed by atoms with Crippen molar-refractivity contribution in [2.24, 2.45) is 0 Å². The highest BCUT2D eigenvalue weighted by Gasteiger charge is 2.14. The van der Waals surface area contributed by atoms with E-state index in [1.54, 1.807) is 6.07 Å². The number of nitro benzene ring substituents is 1. The van der Waals surface area contributed by atoms with Gasteiger partial charge in [0.25, 0.3) is 0 Å². The zero-order valence-electron chi connectivity index (χ0n) is 10.1. The maximum Gasteiger partial charge on any atom is 0.304 e. The smallest absolute Gasteiger partial charge is 0.304 e. The van der Waals surface area contributed by atoms with Gasteiger partial charge in [0.15, 0.2) is 5.82 Å². The maximum absolute atomic E-state index is 13.6. The van der Waals surface area contributed by atoms with Gasteiger partial charge in [0.05, 0.1) is 15.6 Å². The lowest BCUT2D eigenvalue weighted by Gasteiger charge is -2.08. The van der Waals surface area contributed by atoms with E-state index >= 15 is 0 Å². The molecule has 20 heavy (non-hydrogen) atoms. The summed E-state index contributed by atoms with van der Waals surface area (Å²) in [6.45, 7) is 0.117. The summed E-state index contributed by atoms with van der Waals surface area (Å²) >= 11 is 5.63. The number of anilines is 1. The molecule has 0 aliphatic rings. The van der Waals surface area contributed by atoms with Crippen molar-refractivity contribution >= 4 is 23.0 Å². The number of hydrogen-bond acceptors (Lipinski definition) is 3. The van der Waals surface area contributed by atoms with E-state index in [1.807, 2.05) is 0 Å². The quantitative estimate of drug-likeness (QED) is 0.682. The van der Waals surface area contributed by atoms with Crippen LogP contribution in [0.4, 0.5) is 20.2 Å². The van der Waals surface area contributed by atoms with Gasteiger partial charge in [-0.15, -0.1) is 0 Å². The average molecular weight is 299 g/mol. The molecule has 1 N–H and O–H groups in total. The largest absolute Gasteiger partial charge is 0.379 e. The number of nitrogens with one attached hydrogen (secondary N) is 1. The summed E-state index contributed by atoms with van der Waals surface area (Å²) in [6.07, 6.45) is 0. The molecule has 0 aliphatic heterocycles. The molecule has 104 valence electrons. The van der Waals surface area contributed by atoms with Gasteiger partial charge in [-0.2, -0.15) is 4.39 Å². The van der Waals surface area contributed by atoms with Crippen molar-refractivity contribution in [2.45, 2.75) is 6.54 Å². The first-order valence-electron chi connectivity index (χ1n) is 5.59. The molecule has 0 aliphatic carbocycles. The number of rotatable bonds is 4. The van der Waals surface area contributed by atoms with Crippen LogP contribution >= 0.6 is 11.6 Å². The third-order valence-electron chi connectivity index (χ3n) is 2.64. The van der Waals surface area contributed by atoms with Crippen LogP contribution in [0.1, 0.15) is 5.56 Å². The van der Waals surface area contributed by atoms with E-state index < -0.39 is 22.2 Å². The van der Waals surface area contributed by atoms with Gasteiger partial charge in [-0.3, -0.25) is 10.1 Å². The first-order valence-corrected chi connectivity index (χ1v) is 5.97. The molecule has 0 bridgehead atoms. The summed E-state index contributed by atoms with van der Waals surface area (Å²) in [7, 11) is 0. The Morgan fingerprint density at radius 2 is 2.00 bits per heavy atom. The highest BCUT2D eigenvalue weighted by molar-refractivity contribution is 6.31. The van der Waals surface area contributed by atoms with Gasteiger partial charge in [-0.25, -0.2) is 4.39 Å². The van der Waals surface area contributed by atoms with E-state index in [0.717, 1.165) is 12.1 Å². The molecule has 0 unspecified atom stereocenters. The van der Waals surface area contributed by atoms with Crippen LogP contribution in [-0.2, 0) is 6.54 Å². The molecule has 2 rings (SSSR count). The Balaban J connectivity index is 2.13. The fourth-order valence-electron chi connectivity index (χ4n) is 1.65. The lowest BCUT2D eigenvalue weighted by molar-refractivity contribution is -0.387. The van der Waals surface area contributed by atoms with Crippen molar-refractivity contribution in [2.75, 3.05) is 5.32 Å². The molecule has 0 atom stereocenters. The second-order valence-electron chi connectivity index (χ2n) is 4.00. The fraction of sp³-hybridized carbons (Fsp3) is 0.0769. The summed E-state index contributed by atoms with van der Waals surface area (Å²) in [5, 5.41) is 13.2. The average Bonchev–Trinajstić information content (AvgIpc) is 2.40. The Morgan fingerprint density at radius 3 is 2.65 bits per heavy atom. The molecule has 2 aromatic carbocycles. The first kappa shape index (κ1) is 14.2. The fourth-order valence-corrected chi connectivity index (χ4v) is 1.82. The van der Waals surface area contributed by atoms with Gasteiger partial charge in [0.2, 0.25) is 5.82 Å². The van der Waals surface area contributed by atoms with Crippen molar-refractivity contribution in [3.05, 3.63) is 68.7 Å². The molecule has 7 heteroatoms. The Kier molecular flexibility index (Phi) is 4.14. The Morgan fingerprint density at radius 1 is 1.25 bits per heavy atom. The molecule has 0 radical (unpaired) electrons. The van der Waals surface area contributed by atoms with E-state index in [4.69, 9.17) is 11.6 Å². The number of halogens is 3. The molecule has 2 aromatic rings. The number of hydrogen-bond donors (Lipinski definition) is 1. The molecule has 0 fully saturated rings. The predicted octanol–water partition coefficient (Wildman–Crippen LogP) is 4.14. The molecule has 0 saturated carbocycles. The van der Waals surface area contributed by atoms with E-state index in [2.05, 4.69) is 5.32 Å². The summed E-state index contributed by atoms with van der Waals surface area (Å²) in [4.78, 5) is 9.68. The van der Waals surface area contributed by atoms with Crippen molar-refractivity contribution in [3.63, 3.8) is 0 Å². The van der Waals surface area contributed by atoms with Crippen LogP contribution in [0.5, 0.6) is 0 Å².